The van der Waals surface area contributed by atoms with Gasteiger partial charge in [0.1, 0.15) is 0 Å². The first-order valence-corrected chi connectivity index (χ1v) is 7.14. The first kappa shape index (κ1) is 14.3. The number of carboxylic acid groups (broad SMARTS) is 1. The van der Waals surface area contributed by atoms with Crippen molar-refractivity contribution in [2.45, 2.75) is 51.6 Å². The molecule has 0 aliphatic carbocycles. The molecule has 5 nitrogen and oxygen atoms in total. The Morgan fingerprint density at radius 2 is 2.21 bits per heavy atom. The van der Waals surface area contributed by atoms with E-state index in [-0.39, 0.29) is 12.0 Å². The average molecular weight is 269 g/mol. The van der Waals surface area contributed by atoms with Crippen LogP contribution in [0.2, 0.25) is 0 Å². The maximum absolute atomic E-state index is 12.1. The molecule has 2 aliphatic rings. The summed E-state index contributed by atoms with van der Waals surface area (Å²) in [4.78, 5) is 24.9. The quantitative estimate of drug-likeness (QED) is 0.843. The number of carbonyl (C=O) groups excluding carboxylic acids is 1. The predicted octanol–water partition coefficient (Wildman–Crippen LogP) is 1.66. The van der Waals surface area contributed by atoms with Gasteiger partial charge in [-0.15, -0.1) is 0 Å². The van der Waals surface area contributed by atoms with Crippen LogP contribution in [-0.4, -0.2) is 47.7 Å². The Morgan fingerprint density at radius 1 is 1.42 bits per heavy atom. The zero-order valence-corrected chi connectivity index (χ0v) is 11.6. The molecule has 0 unspecified atom stereocenters. The van der Waals surface area contributed by atoms with Crippen LogP contribution in [0.4, 0.5) is 0 Å². The molecule has 0 aromatic rings. The monoisotopic (exact) mass is 269 g/mol. The standard InChI is InChI=1S/C14H23NO4/c1-14(13(17)18)7-8-15(10-14)12(16)6-5-11-4-2-3-9-19-11/h11H,2-10H2,1H3,(H,17,18)/t11-,14-/m0/s1. The van der Waals surface area contributed by atoms with E-state index >= 15 is 0 Å². The number of hydrogen-bond acceptors (Lipinski definition) is 3. The fourth-order valence-corrected chi connectivity index (χ4v) is 2.83. The highest BCUT2D eigenvalue weighted by atomic mass is 16.5. The van der Waals surface area contributed by atoms with Crippen LogP contribution in [0, 0.1) is 5.41 Å². The van der Waals surface area contributed by atoms with E-state index in [0.717, 1.165) is 25.9 Å². The predicted molar refractivity (Wildman–Crippen MR) is 69.8 cm³/mol. The number of likely N-dealkylation sites (tertiary alicyclic amines) is 1. The Balaban J connectivity index is 1.76. The number of carbonyl (C=O) groups is 2. The first-order chi connectivity index (χ1) is 9.01. The minimum absolute atomic E-state index is 0.0687. The Kier molecular flexibility index (Phi) is 4.45. The zero-order chi connectivity index (χ0) is 13.9. The summed E-state index contributed by atoms with van der Waals surface area (Å²) in [5.74, 6) is -0.738. The van der Waals surface area contributed by atoms with Crippen molar-refractivity contribution >= 4 is 11.9 Å². The van der Waals surface area contributed by atoms with Gasteiger partial charge in [0, 0.05) is 26.1 Å². The van der Waals surface area contributed by atoms with E-state index in [4.69, 9.17) is 9.84 Å². The number of ether oxygens (including phenoxy) is 1. The van der Waals surface area contributed by atoms with Gasteiger partial charge in [-0.2, -0.15) is 0 Å². The Bertz CT molecular complexity index is 351. The molecule has 2 aliphatic heterocycles. The number of rotatable bonds is 4. The molecular formula is C14H23NO4. The van der Waals surface area contributed by atoms with Crippen molar-refractivity contribution < 1.29 is 19.4 Å². The van der Waals surface area contributed by atoms with Gasteiger partial charge in [-0.05, 0) is 39.0 Å². The largest absolute Gasteiger partial charge is 0.481 e. The van der Waals surface area contributed by atoms with Gasteiger partial charge in [-0.25, -0.2) is 0 Å². The van der Waals surface area contributed by atoms with Crippen molar-refractivity contribution in [2.24, 2.45) is 5.41 Å². The average Bonchev–Trinajstić information content (AvgIpc) is 2.81. The molecule has 1 N–H and O–H groups in total. The third kappa shape index (κ3) is 3.47. The van der Waals surface area contributed by atoms with Crippen LogP contribution in [0.3, 0.4) is 0 Å². The van der Waals surface area contributed by atoms with Crippen molar-refractivity contribution in [3.8, 4) is 0 Å². The summed E-state index contributed by atoms with van der Waals surface area (Å²) >= 11 is 0. The van der Waals surface area contributed by atoms with Gasteiger partial charge in [0.2, 0.25) is 5.91 Å². The van der Waals surface area contributed by atoms with E-state index in [1.165, 1.54) is 6.42 Å². The topological polar surface area (TPSA) is 66.8 Å². The smallest absolute Gasteiger partial charge is 0.311 e. The van der Waals surface area contributed by atoms with Crippen LogP contribution in [0.25, 0.3) is 0 Å². The number of carboxylic acids is 1. The van der Waals surface area contributed by atoms with Crippen LogP contribution in [-0.2, 0) is 14.3 Å². The van der Waals surface area contributed by atoms with Gasteiger partial charge in [0.15, 0.2) is 0 Å². The van der Waals surface area contributed by atoms with Crippen molar-refractivity contribution in [1.82, 2.24) is 4.90 Å². The van der Waals surface area contributed by atoms with Gasteiger partial charge in [-0.3, -0.25) is 9.59 Å². The zero-order valence-electron chi connectivity index (χ0n) is 11.6. The Labute approximate surface area is 113 Å². The fraction of sp³-hybridized carbons (Fsp3) is 0.857. The molecular weight excluding hydrogens is 246 g/mol. The normalized spacial score (nSPS) is 31.4. The third-order valence-electron chi connectivity index (χ3n) is 4.30. The van der Waals surface area contributed by atoms with Crippen LogP contribution < -0.4 is 0 Å². The van der Waals surface area contributed by atoms with E-state index in [9.17, 15) is 9.59 Å². The lowest BCUT2D eigenvalue weighted by Crippen LogP contribution is -2.35. The lowest BCUT2D eigenvalue weighted by Gasteiger charge is -2.24. The molecule has 2 heterocycles. The fourth-order valence-electron chi connectivity index (χ4n) is 2.83. The van der Waals surface area contributed by atoms with Crippen LogP contribution in [0.5, 0.6) is 0 Å². The number of amides is 1. The molecule has 0 aromatic heterocycles. The Hall–Kier alpha value is -1.10. The summed E-state index contributed by atoms with van der Waals surface area (Å²) in [6.45, 7) is 3.42. The first-order valence-electron chi connectivity index (χ1n) is 7.14. The Morgan fingerprint density at radius 3 is 2.79 bits per heavy atom. The van der Waals surface area contributed by atoms with Gasteiger partial charge in [0.25, 0.3) is 0 Å². The van der Waals surface area contributed by atoms with Crippen LogP contribution >= 0.6 is 0 Å². The van der Waals surface area contributed by atoms with E-state index in [0.29, 0.717) is 25.9 Å². The van der Waals surface area contributed by atoms with Crippen LogP contribution in [0.1, 0.15) is 45.4 Å². The van der Waals surface area contributed by atoms with E-state index in [1.54, 1.807) is 11.8 Å². The minimum atomic E-state index is -0.807. The number of nitrogens with zero attached hydrogens (tertiary/aromatic N) is 1. The second kappa shape index (κ2) is 5.90. The van der Waals surface area contributed by atoms with Gasteiger partial charge in [0.05, 0.1) is 11.5 Å². The summed E-state index contributed by atoms with van der Waals surface area (Å²) in [5.41, 5.74) is -0.767. The van der Waals surface area contributed by atoms with Gasteiger partial charge < -0.3 is 14.7 Å². The summed E-state index contributed by atoms with van der Waals surface area (Å²) < 4.78 is 5.61. The van der Waals surface area contributed by atoms with Crippen LogP contribution in [0.15, 0.2) is 0 Å². The molecule has 0 radical (unpaired) electrons. The molecule has 0 aromatic carbocycles. The molecule has 0 bridgehead atoms. The van der Waals surface area contributed by atoms with Crippen molar-refractivity contribution in [2.75, 3.05) is 19.7 Å². The maximum atomic E-state index is 12.1. The van der Waals surface area contributed by atoms with Crippen molar-refractivity contribution in [3.05, 3.63) is 0 Å². The molecule has 108 valence electrons. The molecule has 2 atom stereocenters. The highest BCUT2D eigenvalue weighted by Crippen LogP contribution is 2.30. The molecule has 2 fully saturated rings. The summed E-state index contributed by atoms with van der Waals surface area (Å²) in [6, 6.07) is 0. The lowest BCUT2D eigenvalue weighted by molar-refractivity contribution is -0.147. The summed E-state index contributed by atoms with van der Waals surface area (Å²) in [6.07, 6.45) is 5.34. The highest BCUT2D eigenvalue weighted by Gasteiger charge is 2.41. The number of hydrogen-bond donors (Lipinski definition) is 1. The third-order valence-corrected chi connectivity index (χ3v) is 4.30. The highest BCUT2D eigenvalue weighted by molar-refractivity contribution is 5.80. The summed E-state index contributed by atoms with van der Waals surface area (Å²) in [5, 5.41) is 9.15. The number of aliphatic carboxylic acids is 1. The molecule has 19 heavy (non-hydrogen) atoms. The summed E-state index contributed by atoms with van der Waals surface area (Å²) in [7, 11) is 0. The maximum Gasteiger partial charge on any atom is 0.311 e. The molecule has 0 spiro atoms. The lowest BCUT2D eigenvalue weighted by atomic mass is 9.90. The molecule has 2 saturated heterocycles. The second-order valence-corrected chi connectivity index (χ2v) is 5.96. The molecule has 0 saturated carbocycles. The van der Waals surface area contributed by atoms with Crippen molar-refractivity contribution in [1.29, 1.82) is 0 Å². The van der Waals surface area contributed by atoms with E-state index in [1.807, 2.05) is 0 Å². The molecule has 2 rings (SSSR count). The molecule has 1 amide bonds. The van der Waals surface area contributed by atoms with Gasteiger partial charge >= 0.3 is 5.97 Å². The van der Waals surface area contributed by atoms with E-state index < -0.39 is 11.4 Å². The van der Waals surface area contributed by atoms with Gasteiger partial charge in [-0.1, -0.05) is 0 Å². The SMILES string of the molecule is C[C@]1(C(=O)O)CCN(C(=O)CC[C@@H]2CCCCO2)C1. The molecule has 5 heteroatoms. The van der Waals surface area contributed by atoms with E-state index in [2.05, 4.69) is 0 Å². The second-order valence-electron chi connectivity index (χ2n) is 5.96. The van der Waals surface area contributed by atoms with Crippen molar-refractivity contribution in [3.63, 3.8) is 0 Å². The minimum Gasteiger partial charge on any atom is -0.481 e.